The zero-order valence-corrected chi connectivity index (χ0v) is 12.9. The molecule has 3 rings (SSSR count). The van der Waals surface area contributed by atoms with Gasteiger partial charge in [0.05, 0.1) is 17.2 Å². The number of aromatic nitrogens is 1. The van der Waals surface area contributed by atoms with Gasteiger partial charge in [-0.15, -0.1) is 22.7 Å². The number of hydrogen-bond donors (Lipinski definition) is 0. The topological polar surface area (TPSA) is 50.3 Å². The lowest BCUT2D eigenvalue weighted by molar-refractivity contribution is 0.396. The van der Waals surface area contributed by atoms with E-state index in [9.17, 15) is 8.42 Å². The minimum atomic E-state index is -3.37. The highest BCUT2D eigenvalue weighted by molar-refractivity contribution is 7.91. The normalized spacial score (nSPS) is 16.1. The van der Waals surface area contributed by atoms with E-state index in [1.54, 1.807) is 33.2 Å². The molecular formula is C12H14N2O2S3. The average molecular weight is 314 g/mol. The van der Waals surface area contributed by atoms with Crippen LogP contribution in [-0.4, -0.2) is 23.7 Å². The lowest BCUT2D eigenvalue weighted by atomic mass is 10.4. The van der Waals surface area contributed by atoms with Gasteiger partial charge in [0.2, 0.25) is 0 Å². The largest absolute Gasteiger partial charge is 0.253 e. The molecule has 0 unspecified atom stereocenters. The first-order chi connectivity index (χ1) is 9.07. The van der Waals surface area contributed by atoms with Crippen molar-refractivity contribution >= 4 is 32.7 Å². The molecule has 0 atom stereocenters. The first kappa shape index (κ1) is 13.2. The van der Waals surface area contributed by atoms with E-state index in [2.05, 4.69) is 4.98 Å². The number of hydrogen-bond acceptors (Lipinski definition) is 5. The Morgan fingerprint density at radius 1 is 1.42 bits per heavy atom. The summed E-state index contributed by atoms with van der Waals surface area (Å²) in [6.07, 6.45) is 1.90. The van der Waals surface area contributed by atoms with E-state index in [-0.39, 0.29) is 6.04 Å². The number of rotatable bonds is 5. The Hall–Kier alpha value is -0.760. The summed E-state index contributed by atoms with van der Waals surface area (Å²) in [4.78, 5) is 4.37. The third-order valence-electron chi connectivity index (χ3n) is 3.00. The molecule has 0 spiro atoms. The Labute approximate surface area is 120 Å². The monoisotopic (exact) mass is 314 g/mol. The van der Waals surface area contributed by atoms with Gasteiger partial charge < -0.3 is 0 Å². The van der Waals surface area contributed by atoms with Gasteiger partial charge in [-0.2, -0.15) is 4.31 Å². The van der Waals surface area contributed by atoms with Crippen molar-refractivity contribution in [2.45, 2.75) is 36.6 Å². The molecule has 0 aromatic carbocycles. The number of thiophene rings is 1. The second kappa shape index (κ2) is 4.97. The van der Waals surface area contributed by atoms with E-state index in [1.807, 2.05) is 12.3 Å². The van der Waals surface area contributed by atoms with Gasteiger partial charge in [-0.25, -0.2) is 13.4 Å². The summed E-state index contributed by atoms with van der Waals surface area (Å²) >= 11 is 2.83. The molecule has 0 N–H and O–H groups in total. The van der Waals surface area contributed by atoms with Crippen LogP contribution in [0.15, 0.2) is 27.1 Å². The van der Waals surface area contributed by atoms with Crippen LogP contribution in [0, 0.1) is 6.92 Å². The van der Waals surface area contributed by atoms with Crippen molar-refractivity contribution in [3.63, 3.8) is 0 Å². The molecule has 0 saturated heterocycles. The molecule has 102 valence electrons. The van der Waals surface area contributed by atoms with Crippen LogP contribution in [0.3, 0.4) is 0 Å². The quantitative estimate of drug-likeness (QED) is 0.852. The van der Waals surface area contributed by atoms with Gasteiger partial charge in [-0.1, -0.05) is 6.07 Å². The molecule has 1 saturated carbocycles. The van der Waals surface area contributed by atoms with E-state index in [1.165, 1.54) is 11.3 Å². The lowest BCUT2D eigenvalue weighted by Gasteiger charge is -2.19. The van der Waals surface area contributed by atoms with Gasteiger partial charge in [0.25, 0.3) is 10.0 Å². The maximum Gasteiger partial charge on any atom is 0.253 e. The Bertz CT molecular complexity index is 657. The van der Waals surface area contributed by atoms with Crippen LogP contribution in [0.1, 0.15) is 23.5 Å². The van der Waals surface area contributed by atoms with Crippen molar-refractivity contribution < 1.29 is 8.42 Å². The molecule has 0 radical (unpaired) electrons. The van der Waals surface area contributed by atoms with Crippen LogP contribution in [0.4, 0.5) is 0 Å². The Balaban J connectivity index is 1.89. The minimum absolute atomic E-state index is 0.147. The maximum absolute atomic E-state index is 12.6. The summed E-state index contributed by atoms with van der Waals surface area (Å²) in [6, 6.07) is 3.59. The van der Waals surface area contributed by atoms with Gasteiger partial charge in [-0.05, 0) is 31.2 Å². The van der Waals surface area contributed by atoms with Crippen LogP contribution in [0.2, 0.25) is 0 Å². The number of aryl methyl sites for hydroxylation is 1. The zero-order chi connectivity index (χ0) is 13.5. The SMILES string of the molecule is Cc1nc(CN(C2CC2)S(=O)(=O)c2cccs2)cs1. The van der Waals surface area contributed by atoms with Crippen molar-refractivity contribution in [3.8, 4) is 0 Å². The van der Waals surface area contributed by atoms with Crippen molar-refractivity contribution in [3.05, 3.63) is 33.6 Å². The van der Waals surface area contributed by atoms with E-state index in [0.717, 1.165) is 23.5 Å². The Morgan fingerprint density at radius 2 is 2.21 bits per heavy atom. The van der Waals surface area contributed by atoms with Crippen LogP contribution in [-0.2, 0) is 16.6 Å². The molecule has 1 aliphatic carbocycles. The van der Waals surface area contributed by atoms with Gasteiger partial charge in [-0.3, -0.25) is 0 Å². The summed E-state index contributed by atoms with van der Waals surface area (Å²) in [6.45, 7) is 2.32. The van der Waals surface area contributed by atoms with E-state index < -0.39 is 10.0 Å². The van der Waals surface area contributed by atoms with E-state index >= 15 is 0 Å². The molecule has 2 heterocycles. The summed E-state index contributed by atoms with van der Waals surface area (Å²) in [5.41, 5.74) is 0.842. The highest BCUT2D eigenvalue weighted by Crippen LogP contribution is 2.34. The zero-order valence-electron chi connectivity index (χ0n) is 10.4. The highest BCUT2D eigenvalue weighted by atomic mass is 32.2. The Morgan fingerprint density at radius 3 is 2.74 bits per heavy atom. The summed E-state index contributed by atoms with van der Waals surface area (Å²) in [5.74, 6) is 0. The van der Waals surface area contributed by atoms with Crippen LogP contribution >= 0.6 is 22.7 Å². The van der Waals surface area contributed by atoms with Gasteiger partial charge >= 0.3 is 0 Å². The molecule has 2 aromatic heterocycles. The molecule has 7 heteroatoms. The first-order valence-electron chi connectivity index (χ1n) is 6.04. The molecule has 2 aromatic rings. The number of sulfonamides is 1. The fraction of sp³-hybridized carbons (Fsp3) is 0.417. The molecule has 1 aliphatic rings. The summed E-state index contributed by atoms with van der Waals surface area (Å²) < 4.78 is 27.2. The van der Waals surface area contributed by atoms with Gasteiger partial charge in [0.15, 0.2) is 0 Å². The first-order valence-corrected chi connectivity index (χ1v) is 9.23. The van der Waals surface area contributed by atoms with E-state index in [4.69, 9.17) is 0 Å². The molecule has 0 aliphatic heterocycles. The maximum atomic E-state index is 12.6. The van der Waals surface area contributed by atoms with Crippen molar-refractivity contribution in [2.75, 3.05) is 0 Å². The Kier molecular flexibility index (Phi) is 3.46. The molecule has 4 nitrogen and oxygen atoms in total. The summed E-state index contributed by atoms with van der Waals surface area (Å²) in [7, 11) is -3.37. The summed E-state index contributed by atoms with van der Waals surface area (Å²) in [5, 5.41) is 4.71. The van der Waals surface area contributed by atoms with Crippen LogP contribution < -0.4 is 0 Å². The van der Waals surface area contributed by atoms with Gasteiger partial charge in [0.1, 0.15) is 4.21 Å². The molecule has 1 fully saturated rings. The molecule has 19 heavy (non-hydrogen) atoms. The van der Waals surface area contributed by atoms with Gasteiger partial charge in [0, 0.05) is 11.4 Å². The van der Waals surface area contributed by atoms with Crippen LogP contribution in [0.25, 0.3) is 0 Å². The molecule has 0 amide bonds. The fourth-order valence-electron chi connectivity index (χ4n) is 1.94. The average Bonchev–Trinajstić information content (AvgIpc) is 2.89. The second-order valence-corrected chi connectivity index (χ2v) is 8.70. The predicted octanol–water partition coefficient (Wildman–Crippen LogP) is 2.87. The van der Waals surface area contributed by atoms with Crippen molar-refractivity contribution in [2.24, 2.45) is 0 Å². The molecular weight excluding hydrogens is 300 g/mol. The molecule has 0 bridgehead atoms. The third kappa shape index (κ3) is 2.74. The standard InChI is InChI=1S/C12H14N2O2S3/c1-9-13-10(8-18-9)7-14(11-4-5-11)19(15,16)12-3-2-6-17-12/h2-3,6,8,11H,4-5,7H2,1H3. The lowest BCUT2D eigenvalue weighted by Crippen LogP contribution is -2.32. The van der Waals surface area contributed by atoms with Crippen molar-refractivity contribution in [1.82, 2.24) is 9.29 Å². The number of nitrogens with zero attached hydrogens (tertiary/aromatic N) is 2. The second-order valence-electron chi connectivity index (χ2n) is 4.57. The number of thiazole rings is 1. The predicted molar refractivity (Wildman–Crippen MR) is 76.9 cm³/mol. The smallest absolute Gasteiger partial charge is 0.245 e. The fourth-order valence-corrected chi connectivity index (χ4v) is 5.32. The minimum Gasteiger partial charge on any atom is -0.245 e. The van der Waals surface area contributed by atoms with E-state index in [0.29, 0.717) is 10.8 Å². The third-order valence-corrected chi connectivity index (χ3v) is 7.09. The van der Waals surface area contributed by atoms with Crippen LogP contribution in [0.5, 0.6) is 0 Å². The van der Waals surface area contributed by atoms with Crippen molar-refractivity contribution in [1.29, 1.82) is 0 Å². The highest BCUT2D eigenvalue weighted by Gasteiger charge is 2.38.